The van der Waals surface area contributed by atoms with Gasteiger partial charge in [0.1, 0.15) is 0 Å². The second kappa shape index (κ2) is 15.5. The summed E-state index contributed by atoms with van der Waals surface area (Å²) in [5, 5.41) is 12.8. The van der Waals surface area contributed by atoms with Crippen molar-refractivity contribution in [2.24, 2.45) is 0 Å². The number of hydrogen-bond donors (Lipinski definition) is 4. The minimum absolute atomic E-state index is 0.0125. The van der Waals surface area contributed by atoms with Gasteiger partial charge in [-0.05, 0) is 44.8 Å². The van der Waals surface area contributed by atoms with Crippen molar-refractivity contribution in [3.8, 4) is 11.5 Å². The summed E-state index contributed by atoms with van der Waals surface area (Å²) in [6.45, 7) is 6.78. The topological polar surface area (TPSA) is 172 Å². The third kappa shape index (κ3) is 8.12. The van der Waals surface area contributed by atoms with Gasteiger partial charge in [0.2, 0.25) is 11.8 Å². The van der Waals surface area contributed by atoms with Gasteiger partial charge in [-0.3, -0.25) is 14.4 Å². The largest absolute Gasteiger partial charge is 0.449 e. The molecule has 46 heavy (non-hydrogen) atoms. The number of carbonyl (C=O) groups is 5. The number of likely N-dealkylation sites (tertiary alicyclic amines) is 2. The van der Waals surface area contributed by atoms with Gasteiger partial charge in [0, 0.05) is 57.0 Å². The Bertz CT molecular complexity index is 1490. The van der Waals surface area contributed by atoms with Crippen LogP contribution in [0.1, 0.15) is 43.2 Å². The van der Waals surface area contributed by atoms with Crippen LogP contribution < -0.4 is 30.7 Å². The molecule has 2 saturated heterocycles. The summed E-state index contributed by atoms with van der Waals surface area (Å²) in [7, 11) is 0. The molecule has 0 radical (unpaired) electrons. The first kappa shape index (κ1) is 32.7. The van der Waals surface area contributed by atoms with E-state index < -0.39 is 12.2 Å². The van der Waals surface area contributed by atoms with Gasteiger partial charge < -0.3 is 45.0 Å². The fourth-order valence-electron chi connectivity index (χ4n) is 5.07. The van der Waals surface area contributed by atoms with E-state index in [0.29, 0.717) is 55.2 Å². The van der Waals surface area contributed by atoms with Crippen LogP contribution in [-0.4, -0.2) is 105 Å². The first-order valence-corrected chi connectivity index (χ1v) is 15.7. The molecule has 4 amide bonds. The van der Waals surface area contributed by atoms with Crippen LogP contribution in [0.2, 0.25) is 0 Å². The van der Waals surface area contributed by atoms with E-state index in [9.17, 15) is 24.0 Å². The van der Waals surface area contributed by atoms with Gasteiger partial charge in [0.05, 0.1) is 18.5 Å². The molecule has 2 fully saturated rings. The molecule has 14 nitrogen and oxygen atoms in total. The second-order valence-electron chi connectivity index (χ2n) is 11.3. The molecule has 3 aromatic rings. The third-order valence-electron chi connectivity index (χ3n) is 7.91. The summed E-state index contributed by atoms with van der Waals surface area (Å²) < 4.78 is 17.3. The Balaban J connectivity index is 1.19. The van der Waals surface area contributed by atoms with Crippen molar-refractivity contribution >= 4 is 51.5 Å². The Hall–Kier alpha value is -4.69. The van der Waals surface area contributed by atoms with Crippen LogP contribution in [0.25, 0.3) is 21.7 Å². The van der Waals surface area contributed by atoms with E-state index in [1.54, 1.807) is 34.1 Å². The molecule has 0 saturated carbocycles. The number of fused-ring (bicyclic) bond motifs is 2. The number of ether oxygens (including phenoxy) is 2. The fraction of sp³-hybridized carbons (Fsp3) is 0.469. The fourth-order valence-corrected chi connectivity index (χ4v) is 5.07. The van der Waals surface area contributed by atoms with Crippen LogP contribution in [-0.2, 0) is 9.59 Å². The highest BCUT2D eigenvalue weighted by molar-refractivity contribution is 6.12. The highest BCUT2D eigenvalue weighted by Crippen LogP contribution is 2.44. The average Bonchev–Trinajstić information content (AvgIpc) is 3.42. The highest BCUT2D eigenvalue weighted by Gasteiger charge is 2.25. The molecular weight excluding hydrogens is 596 g/mol. The Morgan fingerprint density at radius 3 is 1.70 bits per heavy atom. The number of furan rings is 1. The zero-order valence-corrected chi connectivity index (χ0v) is 25.9. The molecule has 3 heterocycles. The van der Waals surface area contributed by atoms with Crippen molar-refractivity contribution in [3.05, 3.63) is 36.1 Å². The Labute approximate surface area is 266 Å². The first-order valence-electron chi connectivity index (χ1n) is 15.7. The Morgan fingerprint density at radius 2 is 1.22 bits per heavy atom. The van der Waals surface area contributed by atoms with E-state index in [1.165, 1.54) is 13.0 Å². The first-order chi connectivity index (χ1) is 22.3. The van der Waals surface area contributed by atoms with E-state index in [1.807, 2.05) is 0 Å². The molecule has 2 aliphatic rings. The van der Waals surface area contributed by atoms with Crippen molar-refractivity contribution in [1.82, 2.24) is 31.1 Å². The number of Topliss-reactive ketones (excluding diaryl/α,β-unsaturated/α-hetero) is 1. The molecule has 14 heteroatoms. The number of carbonyl (C=O) groups excluding carboxylic acids is 5. The maximum absolute atomic E-state index is 12.8. The van der Waals surface area contributed by atoms with Crippen molar-refractivity contribution in [1.29, 1.82) is 0 Å². The van der Waals surface area contributed by atoms with E-state index >= 15 is 0 Å². The summed E-state index contributed by atoms with van der Waals surface area (Å²) in [5.41, 5.74) is 0.0871. The van der Waals surface area contributed by atoms with Crippen molar-refractivity contribution in [2.45, 2.75) is 32.6 Å². The zero-order valence-electron chi connectivity index (χ0n) is 25.9. The highest BCUT2D eigenvalue weighted by atomic mass is 16.6. The normalized spacial score (nSPS) is 14.0. The number of amides is 4. The predicted molar refractivity (Wildman–Crippen MR) is 169 cm³/mol. The van der Waals surface area contributed by atoms with Crippen LogP contribution in [0.5, 0.6) is 11.5 Å². The SMILES string of the molecule is CC(=O)c1cc2c(OC(=O)NCCCNCC(=O)N3CCC3)c3ccccc3c(OC(=O)NCCCNCC(=O)N3CCC3)c2o1. The summed E-state index contributed by atoms with van der Waals surface area (Å²) in [6.07, 6.45) is 1.80. The quantitative estimate of drug-likeness (QED) is 0.143. The molecule has 0 aliphatic carbocycles. The lowest BCUT2D eigenvalue weighted by Crippen LogP contribution is -2.46. The Kier molecular flexibility index (Phi) is 11.0. The lowest BCUT2D eigenvalue weighted by atomic mass is 10.1. The van der Waals surface area contributed by atoms with Gasteiger partial charge in [-0.1, -0.05) is 24.3 Å². The van der Waals surface area contributed by atoms with Crippen LogP contribution in [0.3, 0.4) is 0 Å². The molecule has 5 rings (SSSR count). The molecule has 0 spiro atoms. The van der Waals surface area contributed by atoms with Gasteiger partial charge in [-0.2, -0.15) is 0 Å². The molecule has 246 valence electrons. The smallest absolute Gasteiger partial charge is 0.412 e. The van der Waals surface area contributed by atoms with Crippen molar-refractivity contribution in [3.63, 3.8) is 0 Å². The maximum atomic E-state index is 12.8. The van der Waals surface area contributed by atoms with Crippen LogP contribution in [0.4, 0.5) is 9.59 Å². The molecule has 0 bridgehead atoms. The van der Waals surface area contributed by atoms with Crippen molar-refractivity contribution < 1.29 is 37.9 Å². The predicted octanol–water partition coefficient (Wildman–Crippen LogP) is 2.39. The van der Waals surface area contributed by atoms with E-state index in [2.05, 4.69) is 21.3 Å². The maximum Gasteiger partial charge on any atom is 0.412 e. The van der Waals surface area contributed by atoms with Crippen molar-refractivity contribution in [2.75, 3.05) is 65.4 Å². The second-order valence-corrected chi connectivity index (χ2v) is 11.3. The number of rotatable bonds is 15. The number of hydrogen-bond acceptors (Lipinski definition) is 10. The number of nitrogens with zero attached hydrogens (tertiary/aromatic N) is 2. The number of ketones is 1. The lowest BCUT2D eigenvalue weighted by Gasteiger charge is -2.30. The monoisotopic (exact) mass is 636 g/mol. The Morgan fingerprint density at radius 1 is 0.717 bits per heavy atom. The lowest BCUT2D eigenvalue weighted by molar-refractivity contribution is -0.134. The summed E-state index contributed by atoms with van der Waals surface area (Å²) in [5.74, 6) is 0.0421. The molecule has 1 aromatic heterocycles. The van der Waals surface area contributed by atoms with E-state index in [-0.39, 0.29) is 53.5 Å². The molecular formula is C32H40N6O8. The molecule has 2 aliphatic heterocycles. The van der Waals surface area contributed by atoms with E-state index in [0.717, 1.165) is 39.0 Å². The van der Waals surface area contributed by atoms with Crippen LogP contribution >= 0.6 is 0 Å². The molecule has 0 unspecified atom stereocenters. The minimum atomic E-state index is -0.726. The zero-order chi connectivity index (χ0) is 32.5. The van der Waals surface area contributed by atoms with Crippen LogP contribution in [0, 0.1) is 0 Å². The van der Waals surface area contributed by atoms with Gasteiger partial charge in [-0.25, -0.2) is 9.59 Å². The number of nitrogens with one attached hydrogen (secondary N) is 4. The van der Waals surface area contributed by atoms with Gasteiger partial charge >= 0.3 is 12.2 Å². The molecule has 2 aromatic carbocycles. The third-order valence-corrected chi connectivity index (χ3v) is 7.91. The summed E-state index contributed by atoms with van der Waals surface area (Å²) in [6, 6.07) is 8.37. The summed E-state index contributed by atoms with van der Waals surface area (Å²) in [4.78, 5) is 65.3. The summed E-state index contributed by atoms with van der Waals surface area (Å²) >= 11 is 0. The molecule has 4 N–H and O–H groups in total. The average molecular weight is 637 g/mol. The number of benzene rings is 2. The molecule has 0 atom stereocenters. The standard InChI is InChI=1S/C32H40N6O8/c1-21(39)25-18-24-28(45-31(42)35-12-4-10-33-19-26(40)37-14-6-15-37)22-8-2-3-9-23(22)29(30(24)44-25)46-32(43)36-13-5-11-34-20-27(41)38-16-7-17-38/h2-3,8-9,18,33-34H,4-7,10-17,19-20H2,1H3,(H,35,42)(H,36,43). The minimum Gasteiger partial charge on any atom is -0.449 e. The van der Waals surface area contributed by atoms with E-state index in [4.69, 9.17) is 13.9 Å². The van der Waals surface area contributed by atoms with Gasteiger partial charge in [-0.15, -0.1) is 0 Å². The van der Waals surface area contributed by atoms with Gasteiger partial charge in [0.25, 0.3) is 0 Å². The van der Waals surface area contributed by atoms with Gasteiger partial charge in [0.15, 0.2) is 28.6 Å². The van der Waals surface area contributed by atoms with Crippen LogP contribution in [0.15, 0.2) is 34.7 Å².